The van der Waals surface area contributed by atoms with Gasteiger partial charge in [0.1, 0.15) is 22.9 Å². The van der Waals surface area contributed by atoms with Gasteiger partial charge in [0.2, 0.25) is 0 Å². The van der Waals surface area contributed by atoms with Gasteiger partial charge in [-0.2, -0.15) is 13.2 Å². The fraction of sp³-hybridized carbons (Fsp3) is 0.381. The summed E-state index contributed by atoms with van der Waals surface area (Å²) in [7, 11) is 1.78. The summed E-state index contributed by atoms with van der Waals surface area (Å²) in [5.41, 5.74) is 0.198. The number of halogens is 4. The molecule has 0 spiro atoms. The lowest BCUT2D eigenvalue weighted by Gasteiger charge is -2.17. The van der Waals surface area contributed by atoms with Crippen molar-refractivity contribution in [3.05, 3.63) is 52.8 Å². The van der Waals surface area contributed by atoms with Crippen LogP contribution in [0.5, 0.6) is 11.5 Å². The summed E-state index contributed by atoms with van der Waals surface area (Å²) in [6.45, 7) is 7.85. The lowest BCUT2D eigenvalue weighted by Crippen LogP contribution is -2.14. The molecule has 152 valence electrons. The molecule has 0 atom stereocenters. The fourth-order valence-corrected chi connectivity index (χ4v) is 2.51. The van der Waals surface area contributed by atoms with E-state index in [-0.39, 0.29) is 23.1 Å². The van der Waals surface area contributed by atoms with Crippen LogP contribution < -0.4 is 4.74 Å². The first-order chi connectivity index (χ1) is 13.0. The van der Waals surface area contributed by atoms with Crippen molar-refractivity contribution in [1.82, 2.24) is 4.90 Å². The number of nitrogens with zero attached hydrogens (tertiary/aromatic N) is 2. The Hall–Kier alpha value is -2.57. The van der Waals surface area contributed by atoms with Crippen LogP contribution in [0.15, 0.2) is 35.3 Å². The highest BCUT2D eigenvalue weighted by Gasteiger charge is 2.35. The number of aliphatic imine (C=N–C) groups is 1. The standard InChI is InChI=1S/C21H24F4N2O/c1-6-27(5)12-26-19-11-17(21(23,24)25)20(9-14(19)4)28-15-7-8-18(22)16(10-15)13(2)3/h7-13H,6H2,1-5H3/b26-12+. The van der Waals surface area contributed by atoms with E-state index < -0.39 is 17.6 Å². The van der Waals surface area contributed by atoms with Crippen molar-refractivity contribution in [2.75, 3.05) is 13.6 Å². The molecule has 2 rings (SSSR count). The topological polar surface area (TPSA) is 24.8 Å². The van der Waals surface area contributed by atoms with Crippen LogP contribution in [0, 0.1) is 12.7 Å². The molecule has 7 heteroatoms. The molecule has 0 unspecified atom stereocenters. The van der Waals surface area contributed by atoms with Gasteiger partial charge < -0.3 is 9.64 Å². The molecule has 0 heterocycles. The van der Waals surface area contributed by atoms with E-state index >= 15 is 0 Å². The van der Waals surface area contributed by atoms with Crippen LogP contribution >= 0.6 is 0 Å². The zero-order chi connectivity index (χ0) is 21.1. The van der Waals surface area contributed by atoms with Gasteiger partial charge in [-0.3, -0.25) is 0 Å². The Kier molecular flexibility index (Phi) is 6.69. The van der Waals surface area contributed by atoms with E-state index in [1.165, 1.54) is 30.6 Å². The second-order valence-electron chi connectivity index (χ2n) is 6.89. The Morgan fingerprint density at radius 3 is 2.43 bits per heavy atom. The van der Waals surface area contributed by atoms with E-state index in [4.69, 9.17) is 4.74 Å². The Labute approximate surface area is 162 Å². The minimum absolute atomic E-state index is 0.125. The lowest BCUT2D eigenvalue weighted by molar-refractivity contribution is -0.138. The van der Waals surface area contributed by atoms with E-state index in [0.29, 0.717) is 17.7 Å². The molecule has 0 fully saturated rings. The molecule has 0 radical (unpaired) electrons. The van der Waals surface area contributed by atoms with E-state index in [9.17, 15) is 17.6 Å². The molecule has 2 aromatic rings. The average Bonchev–Trinajstić information content (AvgIpc) is 2.61. The first-order valence-electron chi connectivity index (χ1n) is 8.96. The quantitative estimate of drug-likeness (QED) is 0.309. The Morgan fingerprint density at radius 1 is 1.18 bits per heavy atom. The van der Waals surface area contributed by atoms with E-state index in [1.807, 2.05) is 6.92 Å². The highest BCUT2D eigenvalue weighted by atomic mass is 19.4. The monoisotopic (exact) mass is 396 g/mol. The van der Waals surface area contributed by atoms with Crippen molar-refractivity contribution in [2.24, 2.45) is 4.99 Å². The minimum Gasteiger partial charge on any atom is -0.457 e. The first kappa shape index (κ1) is 21.7. The third kappa shape index (κ3) is 5.24. The van der Waals surface area contributed by atoms with Gasteiger partial charge in [0.05, 0.1) is 12.0 Å². The van der Waals surface area contributed by atoms with Crippen LogP contribution in [0.4, 0.5) is 23.2 Å². The summed E-state index contributed by atoms with van der Waals surface area (Å²) in [6.07, 6.45) is -3.14. The normalized spacial score (nSPS) is 12.1. The van der Waals surface area contributed by atoms with Gasteiger partial charge in [0.25, 0.3) is 0 Å². The van der Waals surface area contributed by atoms with E-state index in [1.54, 1.807) is 32.7 Å². The molecule has 2 aromatic carbocycles. The summed E-state index contributed by atoms with van der Waals surface area (Å²) < 4.78 is 60.2. The molecule has 0 N–H and O–H groups in total. The maximum absolute atomic E-state index is 13.9. The zero-order valence-corrected chi connectivity index (χ0v) is 16.6. The fourth-order valence-electron chi connectivity index (χ4n) is 2.51. The number of benzene rings is 2. The number of alkyl halides is 3. The van der Waals surface area contributed by atoms with Crippen molar-refractivity contribution in [1.29, 1.82) is 0 Å². The largest absolute Gasteiger partial charge is 0.457 e. The van der Waals surface area contributed by atoms with Crippen molar-refractivity contribution >= 4 is 12.0 Å². The van der Waals surface area contributed by atoms with Crippen molar-refractivity contribution in [3.63, 3.8) is 0 Å². The van der Waals surface area contributed by atoms with Gasteiger partial charge >= 0.3 is 6.18 Å². The maximum atomic E-state index is 13.9. The lowest BCUT2D eigenvalue weighted by atomic mass is 10.0. The van der Waals surface area contributed by atoms with E-state index in [2.05, 4.69) is 4.99 Å². The first-order valence-corrected chi connectivity index (χ1v) is 8.96. The number of ether oxygens (including phenoxy) is 1. The van der Waals surface area contributed by atoms with Crippen LogP contribution in [-0.2, 0) is 6.18 Å². The van der Waals surface area contributed by atoms with Gasteiger partial charge in [0, 0.05) is 13.6 Å². The van der Waals surface area contributed by atoms with Crippen LogP contribution in [0.2, 0.25) is 0 Å². The van der Waals surface area contributed by atoms with Crippen molar-refractivity contribution in [2.45, 2.75) is 39.8 Å². The number of hydrogen-bond donors (Lipinski definition) is 0. The second-order valence-corrected chi connectivity index (χ2v) is 6.89. The SMILES string of the molecule is CCN(C)/C=N/c1cc(C(F)(F)F)c(Oc2ccc(F)c(C(C)C)c2)cc1C. The summed E-state index contributed by atoms with van der Waals surface area (Å²) in [4.78, 5) is 5.90. The Bertz CT molecular complexity index is 860. The van der Waals surface area contributed by atoms with Gasteiger partial charge in [-0.1, -0.05) is 13.8 Å². The van der Waals surface area contributed by atoms with Gasteiger partial charge in [-0.05, 0) is 61.2 Å². The molecule has 0 aliphatic carbocycles. The molecule has 0 amide bonds. The van der Waals surface area contributed by atoms with Gasteiger partial charge in [0.15, 0.2) is 0 Å². The number of aryl methyl sites for hydroxylation is 1. The number of hydrogen-bond acceptors (Lipinski definition) is 2. The highest BCUT2D eigenvalue weighted by molar-refractivity contribution is 5.65. The smallest absolute Gasteiger partial charge is 0.420 e. The third-order valence-electron chi connectivity index (χ3n) is 4.31. The second kappa shape index (κ2) is 8.63. The molecule has 0 saturated carbocycles. The van der Waals surface area contributed by atoms with Crippen LogP contribution in [0.1, 0.15) is 43.4 Å². The molecule has 28 heavy (non-hydrogen) atoms. The van der Waals surface area contributed by atoms with Crippen molar-refractivity contribution < 1.29 is 22.3 Å². The average molecular weight is 396 g/mol. The predicted octanol–water partition coefficient (Wildman–Crippen LogP) is 6.68. The molecule has 3 nitrogen and oxygen atoms in total. The maximum Gasteiger partial charge on any atom is 0.420 e. The zero-order valence-electron chi connectivity index (χ0n) is 16.6. The minimum atomic E-state index is -4.62. The molecular weight excluding hydrogens is 372 g/mol. The molecule has 0 saturated heterocycles. The Morgan fingerprint density at radius 2 is 1.86 bits per heavy atom. The molecule has 0 aliphatic heterocycles. The summed E-state index contributed by atoms with van der Waals surface area (Å²) in [6, 6.07) is 6.22. The Balaban J connectivity index is 2.48. The molecular formula is C21H24F4N2O. The third-order valence-corrected chi connectivity index (χ3v) is 4.31. The number of rotatable bonds is 6. The van der Waals surface area contributed by atoms with Gasteiger partial charge in [-0.25, -0.2) is 9.38 Å². The van der Waals surface area contributed by atoms with Crippen molar-refractivity contribution in [3.8, 4) is 11.5 Å². The molecule has 0 bridgehead atoms. The summed E-state index contributed by atoms with van der Waals surface area (Å²) >= 11 is 0. The van der Waals surface area contributed by atoms with Crippen LogP contribution in [0.3, 0.4) is 0 Å². The van der Waals surface area contributed by atoms with Crippen LogP contribution in [-0.4, -0.2) is 24.8 Å². The van der Waals surface area contributed by atoms with Crippen LogP contribution in [0.25, 0.3) is 0 Å². The highest BCUT2D eigenvalue weighted by Crippen LogP contribution is 2.42. The van der Waals surface area contributed by atoms with E-state index in [0.717, 1.165) is 6.07 Å². The predicted molar refractivity (Wildman–Crippen MR) is 103 cm³/mol. The summed E-state index contributed by atoms with van der Waals surface area (Å²) in [5.74, 6) is -0.731. The molecule has 0 aliphatic rings. The summed E-state index contributed by atoms with van der Waals surface area (Å²) in [5, 5.41) is 0. The molecule has 0 aromatic heterocycles. The van der Waals surface area contributed by atoms with Gasteiger partial charge in [-0.15, -0.1) is 0 Å².